The molecule has 158 valence electrons. The third kappa shape index (κ3) is 4.97. The molecule has 1 aromatic carbocycles. The molecule has 0 bridgehead atoms. The van der Waals surface area contributed by atoms with Gasteiger partial charge < -0.3 is 4.90 Å². The summed E-state index contributed by atoms with van der Waals surface area (Å²) in [5, 5.41) is 0. The van der Waals surface area contributed by atoms with Crippen molar-refractivity contribution in [3.8, 4) is 0 Å². The van der Waals surface area contributed by atoms with Crippen LogP contribution in [0.4, 0.5) is 13.2 Å². The third-order valence-electron chi connectivity index (χ3n) is 4.29. The predicted octanol–water partition coefficient (Wildman–Crippen LogP) is 2.18. The number of carbonyl (C=O) groups excluding carboxylic acids is 1. The van der Waals surface area contributed by atoms with Gasteiger partial charge in [-0.15, -0.1) is 0 Å². The monoisotopic (exact) mass is 462 g/mol. The molecule has 0 N–H and O–H groups in total. The molecule has 1 aromatic rings. The van der Waals surface area contributed by atoms with Crippen LogP contribution < -0.4 is 0 Å². The number of hydrogen-bond acceptors (Lipinski definition) is 5. The maximum atomic E-state index is 12.9. The molecule has 13 heteroatoms. The Morgan fingerprint density at radius 2 is 1.64 bits per heavy atom. The average Bonchev–Trinajstić information content (AvgIpc) is 2.59. The summed E-state index contributed by atoms with van der Waals surface area (Å²) in [6.07, 6.45) is -4.27. The lowest BCUT2D eigenvalue weighted by molar-refractivity contribution is -0.187. The summed E-state index contributed by atoms with van der Waals surface area (Å²) in [5.74, 6) is -2.00. The lowest BCUT2D eigenvalue weighted by Gasteiger charge is -2.40. The minimum absolute atomic E-state index is 0.215. The van der Waals surface area contributed by atoms with Crippen molar-refractivity contribution in [2.45, 2.75) is 41.8 Å². The van der Waals surface area contributed by atoms with Gasteiger partial charge in [-0.2, -0.15) is 17.5 Å². The van der Waals surface area contributed by atoms with Gasteiger partial charge in [-0.05, 0) is 30.7 Å². The smallest absolute Gasteiger partial charge is 0.332 e. The first-order valence-electron chi connectivity index (χ1n) is 8.21. The Balaban J connectivity index is 2.30. The molecule has 0 aliphatic carbocycles. The van der Waals surface area contributed by atoms with Gasteiger partial charge in [0, 0.05) is 36.4 Å². The molecule has 1 atom stereocenters. The Kier molecular flexibility index (Phi) is 6.68. The van der Waals surface area contributed by atoms with E-state index in [1.165, 1.54) is 0 Å². The SMILES string of the molecule is CCCC1CN(C(=O)C(F)(F)F)CCN1S(=O)(=O)c1ccc(S(=O)(=O)Cl)cc1. The summed E-state index contributed by atoms with van der Waals surface area (Å²) in [6.45, 7) is 0.672. The van der Waals surface area contributed by atoms with Gasteiger partial charge in [0.05, 0.1) is 9.79 Å². The fourth-order valence-electron chi connectivity index (χ4n) is 3.00. The second kappa shape index (κ2) is 8.17. The maximum absolute atomic E-state index is 12.9. The largest absolute Gasteiger partial charge is 0.471 e. The molecule has 28 heavy (non-hydrogen) atoms. The van der Waals surface area contributed by atoms with Crippen LogP contribution in [0.2, 0.25) is 0 Å². The summed E-state index contributed by atoms with van der Waals surface area (Å²) >= 11 is 0. The van der Waals surface area contributed by atoms with Crippen LogP contribution in [-0.2, 0) is 23.9 Å². The zero-order valence-corrected chi connectivity index (χ0v) is 17.1. The first-order chi connectivity index (χ1) is 12.8. The molecule has 0 saturated carbocycles. The lowest BCUT2D eigenvalue weighted by atomic mass is 10.1. The van der Waals surface area contributed by atoms with E-state index in [1.54, 1.807) is 6.92 Å². The van der Waals surface area contributed by atoms with Crippen molar-refractivity contribution in [2.24, 2.45) is 0 Å². The number of rotatable bonds is 5. The van der Waals surface area contributed by atoms with Crippen molar-refractivity contribution >= 4 is 35.7 Å². The van der Waals surface area contributed by atoms with E-state index in [9.17, 15) is 34.8 Å². The molecule has 1 heterocycles. The van der Waals surface area contributed by atoms with Crippen LogP contribution >= 0.6 is 10.7 Å². The molecule has 1 amide bonds. The number of halogens is 4. The van der Waals surface area contributed by atoms with Crippen LogP contribution in [0, 0.1) is 0 Å². The van der Waals surface area contributed by atoms with E-state index in [2.05, 4.69) is 0 Å². The van der Waals surface area contributed by atoms with Gasteiger partial charge in [0.25, 0.3) is 9.05 Å². The maximum Gasteiger partial charge on any atom is 0.471 e. The fourth-order valence-corrected chi connectivity index (χ4v) is 5.40. The van der Waals surface area contributed by atoms with Crippen molar-refractivity contribution < 1.29 is 34.8 Å². The molecule has 1 saturated heterocycles. The average molecular weight is 463 g/mol. The number of sulfonamides is 1. The van der Waals surface area contributed by atoms with Crippen molar-refractivity contribution in [3.05, 3.63) is 24.3 Å². The standard InChI is InChI=1S/C15H18ClF3N2O5S2/c1-2-3-11-10-20(14(22)15(17,18)19)8-9-21(11)28(25,26)13-6-4-12(5-7-13)27(16,23)24/h4-7,11H,2-3,8-10H2,1H3. The number of piperazine rings is 1. The van der Waals surface area contributed by atoms with Gasteiger partial charge in [0.1, 0.15) is 0 Å². The fraction of sp³-hybridized carbons (Fsp3) is 0.533. The first kappa shape index (κ1) is 22.9. The van der Waals surface area contributed by atoms with Crippen LogP contribution in [0.3, 0.4) is 0 Å². The van der Waals surface area contributed by atoms with Crippen LogP contribution in [0.5, 0.6) is 0 Å². The summed E-state index contributed by atoms with van der Waals surface area (Å²) in [6, 6.07) is 3.38. The van der Waals surface area contributed by atoms with Crippen molar-refractivity contribution in [3.63, 3.8) is 0 Å². The van der Waals surface area contributed by atoms with E-state index < -0.39 is 43.7 Å². The Bertz CT molecular complexity index is 933. The number of carbonyl (C=O) groups is 1. The quantitative estimate of drug-likeness (QED) is 0.625. The molecule has 1 unspecified atom stereocenters. The third-order valence-corrected chi connectivity index (χ3v) is 7.63. The Hall–Kier alpha value is -1.37. The minimum atomic E-state index is -5.03. The zero-order chi connectivity index (χ0) is 21.3. The van der Waals surface area contributed by atoms with E-state index in [4.69, 9.17) is 10.7 Å². The van der Waals surface area contributed by atoms with Gasteiger partial charge in [-0.1, -0.05) is 13.3 Å². The molecule has 0 radical (unpaired) electrons. The molecular formula is C15H18ClF3N2O5S2. The van der Waals surface area contributed by atoms with Crippen molar-refractivity contribution in [1.82, 2.24) is 9.21 Å². The molecule has 7 nitrogen and oxygen atoms in total. The van der Waals surface area contributed by atoms with E-state index in [0.29, 0.717) is 11.3 Å². The molecular weight excluding hydrogens is 445 g/mol. The minimum Gasteiger partial charge on any atom is -0.332 e. The highest BCUT2D eigenvalue weighted by molar-refractivity contribution is 8.13. The second-order valence-corrected chi connectivity index (χ2v) is 10.7. The van der Waals surface area contributed by atoms with E-state index >= 15 is 0 Å². The summed E-state index contributed by atoms with van der Waals surface area (Å²) in [5.41, 5.74) is 0. The highest BCUT2D eigenvalue weighted by atomic mass is 35.7. The summed E-state index contributed by atoms with van der Waals surface area (Å²) in [7, 11) is -2.93. The summed E-state index contributed by atoms with van der Waals surface area (Å²) < 4.78 is 87.6. The van der Waals surface area contributed by atoms with Gasteiger partial charge in [-0.3, -0.25) is 4.79 Å². The number of hydrogen-bond donors (Lipinski definition) is 0. The topological polar surface area (TPSA) is 91.8 Å². The van der Waals surface area contributed by atoms with Crippen LogP contribution in [0.15, 0.2) is 34.1 Å². The van der Waals surface area contributed by atoms with Crippen molar-refractivity contribution in [1.29, 1.82) is 0 Å². The Labute approximate surface area is 165 Å². The molecule has 0 spiro atoms. The van der Waals surface area contributed by atoms with Gasteiger partial charge in [-0.25, -0.2) is 16.8 Å². The highest BCUT2D eigenvalue weighted by Crippen LogP contribution is 2.27. The number of alkyl halides is 3. The molecule has 0 aromatic heterocycles. The molecule has 2 rings (SSSR count). The van der Waals surface area contributed by atoms with Gasteiger partial charge in [0.15, 0.2) is 0 Å². The Morgan fingerprint density at radius 3 is 2.11 bits per heavy atom. The molecule has 1 fully saturated rings. The van der Waals surface area contributed by atoms with Gasteiger partial charge >= 0.3 is 12.1 Å². The van der Waals surface area contributed by atoms with Crippen LogP contribution in [0.25, 0.3) is 0 Å². The van der Waals surface area contributed by atoms with Crippen molar-refractivity contribution in [2.75, 3.05) is 19.6 Å². The van der Waals surface area contributed by atoms with E-state index in [0.717, 1.165) is 28.6 Å². The van der Waals surface area contributed by atoms with Crippen LogP contribution in [0.1, 0.15) is 19.8 Å². The molecule has 1 aliphatic heterocycles. The van der Waals surface area contributed by atoms with E-state index in [-0.39, 0.29) is 29.3 Å². The summed E-state index contributed by atoms with van der Waals surface area (Å²) in [4.78, 5) is 11.6. The van der Waals surface area contributed by atoms with Crippen LogP contribution in [-0.4, -0.2) is 63.8 Å². The first-order valence-corrected chi connectivity index (χ1v) is 12.0. The lowest BCUT2D eigenvalue weighted by Crippen LogP contribution is -2.58. The predicted molar refractivity (Wildman–Crippen MR) is 94.7 cm³/mol. The Morgan fingerprint density at radius 1 is 1.11 bits per heavy atom. The zero-order valence-electron chi connectivity index (χ0n) is 14.7. The molecule has 1 aliphatic rings. The highest BCUT2D eigenvalue weighted by Gasteiger charge is 2.46. The van der Waals surface area contributed by atoms with Gasteiger partial charge in [0.2, 0.25) is 10.0 Å². The second-order valence-electron chi connectivity index (χ2n) is 6.22. The van der Waals surface area contributed by atoms with E-state index in [1.807, 2.05) is 0 Å². The normalized spacial score (nSPS) is 19.6. The number of amides is 1. The number of nitrogens with zero attached hydrogens (tertiary/aromatic N) is 2. The number of benzene rings is 1.